The van der Waals surface area contributed by atoms with Crippen molar-refractivity contribution >= 4 is 5.97 Å². The molecule has 1 unspecified atom stereocenters. The van der Waals surface area contributed by atoms with Crippen LogP contribution < -0.4 is 14.8 Å². The molecule has 2 aromatic rings. The molecule has 2 rings (SSSR count). The van der Waals surface area contributed by atoms with Crippen LogP contribution in [-0.2, 0) is 17.9 Å². The molecule has 0 aromatic heterocycles. The van der Waals surface area contributed by atoms with E-state index in [9.17, 15) is 4.79 Å². The number of carboxylic acids is 1. The zero-order valence-corrected chi connectivity index (χ0v) is 13.3. The molecule has 5 heteroatoms. The summed E-state index contributed by atoms with van der Waals surface area (Å²) in [5.41, 5.74) is 2.00. The fourth-order valence-electron chi connectivity index (χ4n) is 2.04. The number of hydrogen-bond acceptors (Lipinski definition) is 4. The Morgan fingerprint density at radius 3 is 2.52 bits per heavy atom. The van der Waals surface area contributed by atoms with Crippen molar-refractivity contribution in [2.45, 2.75) is 26.1 Å². The third-order valence-electron chi connectivity index (χ3n) is 3.45. The largest absolute Gasteiger partial charge is 0.493 e. The predicted molar refractivity (Wildman–Crippen MR) is 87.7 cm³/mol. The van der Waals surface area contributed by atoms with Gasteiger partial charge in [0.05, 0.1) is 7.11 Å². The van der Waals surface area contributed by atoms with Gasteiger partial charge in [-0.05, 0) is 30.2 Å². The van der Waals surface area contributed by atoms with Gasteiger partial charge in [-0.1, -0.05) is 36.4 Å². The van der Waals surface area contributed by atoms with Crippen LogP contribution in [0.1, 0.15) is 18.1 Å². The molecule has 0 radical (unpaired) electrons. The van der Waals surface area contributed by atoms with Gasteiger partial charge in [-0.2, -0.15) is 0 Å². The molecule has 0 aliphatic rings. The summed E-state index contributed by atoms with van der Waals surface area (Å²) in [5, 5.41) is 11.8. The summed E-state index contributed by atoms with van der Waals surface area (Å²) in [6, 6.07) is 14.8. The topological polar surface area (TPSA) is 67.8 Å². The number of hydrogen-bond donors (Lipinski definition) is 2. The van der Waals surface area contributed by atoms with Crippen molar-refractivity contribution in [2.24, 2.45) is 0 Å². The standard InChI is InChI=1S/C18H21NO4/c1-13(18(20)21)19-11-15-8-9-16(22-2)17(10-15)23-12-14-6-4-3-5-7-14/h3-10,13,19H,11-12H2,1-2H3,(H,20,21). The first-order valence-corrected chi connectivity index (χ1v) is 7.40. The monoisotopic (exact) mass is 315 g/mol. The summed E-state index contributed by atoms with van der Waals surface area (Å²) in [7, 11) is 1.59. The van der Waals surface area contributed by atoms with Crippen LogP contribution >= 0.6 is 0 Å². The average molecular weight is 315 g/mol. The van der Waals surface area contributed by atoms with Crippen LogP contribution in [0, 0.1) is 0 Å². The van der Waals surface area contributed by atoms with E-state index < -0.39 is 12.0 Å². The summed E-state index contributed by atoms with van der Waals surface area (Å²) in [6.07, 6.45) is 0. The van der Waals surface area contributed by atoms with Gasteiger partial charge in [0.25, 0.3) is 0 Å². The Morgan fingerprint density at radius 2 is 1.87 bits per heavy atom. The van der Waals surface area contributed by atoms with E-state index in [4.69, 9.17) is 14.6 Å². The molecular formula is C18H21NO4. The van der Waals surface area contributed by atoms with Crippen LogP contribution in [0.25, 0.3) is 0 Å². The van der Waals surface area contributed by atoms with Gasteiger partial charge in [0.15, 0.2) is 11.5 Å². The van der Waals surface area contributed by atoms with E-state index in [2.05, 4.69) is 5.32 Å². The maximum absolute atomic E-state index is 10.8. The second-order valence-electron chi connectivity index (χ2n) is 5.20. The number of benzene rings is 2. The number of rotatable bonds is 8. The Labute approximate surface area is 135 Å². The average Bonchev–Trinajstić information content (AvgIpc) is 2.58. The van der Waals surface area contributed by atoms with Crippen molar-refractivity contribution in [1.29, 1.82) is 0 Å². The third-order valence-corrected chi connectivity index (χ3v) is 3.45. The Hall–Kier alpha value is -2.53. The first kappa shape index (κ1) is 16.8. The zero-order valence-electron chi connectivity index (χ0n) is 13.3. The van der Waals surface area contributed by atoms with Gasteiger partial charge in [0, 0.05) is 6.54 Å². The summed E-state index contributed by atoms with van der Waals surface area (Å²) < 4.78 is 11.2. The third kappa shape index (κ3) is 5.00. The first-order chi connectivity index (χ1) is 11.1. The quantitative estimate of drug-likeness (QED) is 0.784. The molecule has 0 amide bonds. The van der Waals surface area contributed by atoms with Crippen LogP contribution in [0.15, 0.2) is 48.5 Å². The maximum atomic E-state index is 10.8. The minimum absolute atomic E-state index is 0.444. The Morgan fingerprint density at radius 1 is 1.13 bits per heavy atom. The van der Waals surface area contributed by atoms with E-state index >= 15 is 0 Å². The molecule has 5 nitrogen and oxygen atoms in total. The summed E-state index contributed by atoms with van der Waals surface area (Å²) in [5.74, 6) is 0.411. The SMILES string of the molecule is COc1ccc(CNC(C)C(=O)O)cc1OCc1ccccc1. The molecule has 23 heavy (non-hydrogen) atoms. The lowest BCUT2D eigenvalue weighted by Crippen LogP contribution is -2.33. The molecule has 0 fully saturated rings. The second-order valence-corrected chi connectivity index (χ2v) is 5.20. The Bertz CT molecular complexity index is 643. The van der Waals surface area contributed by atoms with E-state index in [1.807, 2.05) is 48.5 Å². The number of nitrogens with one attached hydrogen (secondary N) is 1. The number of methoxy groups -OCH3 is 1. The van der Waals surface area contributed by atoms with Crippen molar-refractivity contribution in [1.82, 2.24) is 5.32 Å². The van der Waals surface area contributed by atoms with E-state index in [0.717, 1.165) is 11.1 Å². The molecule has 2 aromatic carbocycles. The van der Waals surface area contributed by atoms with Crippen molar-refractivity contribution in [3.8, 4) is 11.5 Å². The highest BCUT2D eigenvalue weighted by Gasteiger charge is 2.11. The fourth-order valence-corrected chi connectivity index (χ4v) is 2.04. The van der Waals surface area contributed by atoms with E-state index in [0.29, 0.717) is 24.7 Å². The Kier molecular flexibility index (Phi) is 6.00. The number of carboxylic acid groups (broad SMARTS) is 1. The van der Waals surface area contributed by atoms with Crippen LogP contribution in [0.2, 0.25) is 0 Å². The summed E-state index contributed by atoms with van der Waals surface area (Å²) in [4.78, 5) is 10.8. The zero-order chi connectivity index (χ0) is 16.7. The van der Waals surface area contributed by atoms with Crippen molar-refractivity contribution < 1.29 is 19.4 Å². The van der Waals surface area contributed by atoms with Crippen LogP contribution in [-0.4, -0.2) is 24.2 Å². The highest BCUT2D eigenvalue weighted by molar-refractivity contribution is 5.72. The van der Waals surface area contributed by atoms with Gasteiger partial charge in [-0.15, -0.1) is 0 Å². The van der Waals surface area contributed by atoms with Crippen LogP contribution in [0.4, 0.5) is 0 Å². The molecule has 0 saturated heterocycles. The lowest BCUT2D eigenvalue weighted by Gasteiger charge is -2.14. The minimum atomic E-state index is -0.876. The number of aliphatic carboxylic acids is 1. The van der Waals surface area contributed by atoms with E-state index in [-0.39, 0.29) is 0 Å². The van der Waals surface area contributed by atoms with Crippen molar-refractivity contribution in [3.05, 3.63) is 59.7 Å². The van der Waals surface area contributed by atoms with Gasteiger partial charge in [-0.3, -0.25) is 4.79 Å². The molecule has 0 bridgehead atoms. The van der Waals surface area contributed by atoms with Crippen LogP contribution in [0.3, 0.4) is 0 Å². The molecule has 0 aliphatic carbocycles. The lowest BCUT2D eigenvalue weighted by atomic mass is 10.2. The predicted octanol–water partition coefficient (Wildman–Crippen LogP) is 2.84. The lowest BCUT2D eigenvalue weighted by molar-refractivity contribution is -0.139. The highest BCUT2D eigenvalue weighted by Crippen LogP contribution is 2.28. The molecular weight excluding hydrogens is 294 g/mol. The van der Waals surface area contributed by atoms with E-state index in [1.54, 1.807) is 14.0 Å². The molecule has 2 N–H and O–H groups in total. The van der Waals surface area contributed by atoms with Gasteiger partial charge in [-0.25, -0.2) is 0 Å². The Balaban J connectivity index is 2.04. The smallest absolute Gasteiger partial charge is 0.320 e. The number of ether oxygens (including phenoxy) is 2. The summed E-state index contributed by atoms with van der Waals surface area (Å²) in [6.45, 7) is 2.50. The van der Waals surface area contributed by atoms with Crippen molar-refractivity contribution in [2.75, 3.05) is 7.11 Å². The van der Waals surface area contributed by atoms with Gasteiger partial charge in [0.1, 0.15) is 12.6 Å². The molecule has 1 atom stereocenters. The molecule has 0 aliphatic heterocycles. The second kappa shape index (κ2) is 8.19. The molecule has 0 heterocycles. The minimum Gasteiger partial charge on any atom is -0.493 e. The number of carbonyl (C=O) groups is 1. The first-order valence-electron chi connectivity index (χ1n) is 7.40. The highest BCUT2D eigenvalue weighted by atomic mass is 16.5. The van der Waals surface area contributed by atoms with Gasteiger partial charge in [0.2, 0.25) is 0 Å². The van der Waals surface area contributed by atoms with Crippen molar-refractivity contribution in [3.63, 3.8) is 0 Å². The maximum Gasteiger partial charge on any atom is 0.320 e. The molecule has 122 valence electrons. The molecule has 0 saturated carbocycles. The van der Waals surface area contributed by atoms with Crippen LogP contribution in [0.5, 0.6) is 11.5 Å². The fraction of sp³-hybridized carbons (Fsp3) is 0.278. The van der Waals surface area contributed by atoms with E-state index in [1.165, 1.54) is 0 Å². The summed E-state index contributed by atoms with van der Waals surface area (Å²) >= 11 is 0. The van der Waals surface area contributed by atoms with Gasteiger partial charge < -0.3 is 19.9 Å². The molecule has 0 spiro atoms. The van der Waals surface area contributed by atoms with Gasteiger partial charge >= 0.3 is 5.97 Å². The normalized spacial score (nSPS) is 11.7.